The molecule has 0 amide bonds. The fourth-order valence-electron chi connectivity index (χ4n) is 2.09. The van der Waals surface area contributed by atoms with E-state index in [1.807, 2.05) is 12.1 Å². The second-order valence-electron chi connectivity index (χ2n) is 5.30. The third kappa shape index (κ3) is 3.11. The molecule has 1 aromatic heterocycles. The number of hydrogen-bond donors (Lipinski definition) is 0. The van der Waals surface area contributed by atoms with Crippen LogP contribution in [-0.4, -0.2) is 11.1 Å². The third-order valence-corrected chi connectivity index (χ3v) is 3.50. The van der Waals surface area contributed by atoms with Crippen molar-refractivity contribution in [3.8, 4) is 5.88 Å². The monoisotopic (exact) mass is 239 g/mol. The zero-order chi connectivity index (χ0) is 11.6. The van der Waals surface area contributed by atoms with Gasteiger partial charge in [0, 0.05) is 12.3 Å². The molecule has 0 bridgehead atoms. The van der Waals surface area contributed by atoms with Crippen LogP contribution in [0.3, 0.4) is 0 Å². The molecule has 1 aliphatic carbocycles. The number of halogens is 1. The average molecular weight is 240 g/mol. The summed E-state index contributed by atoms with van der Waals surface area (Å²) in [5.41, 5.74) is 0.479. The molecule has 0 aromatic carbocycles. The first kappa shape index (κ1) is 11.7. The largest absolute Gasteiger partial charge is 0.474 e. The summed E-state index contributed by atoms with van der Waals surface area (Å²) in [6, 6.07) is 3.65. The second kappa shape index (κ2) is 4.62. The van der Waals surface area contributed by atoms with Gasteiger partial charge in [0.05, 0.1) is 5.02 Å². The second-order valence-corrected chi connectivity index (χ2v) is 5.73. The van der Waals surface area contributed by atoms with E-state index in [-0.39, 0.29) is 0 Å². The van der Waals surface area contributed by atoms with Gasteiger partial charge in [-0.3, -0.25) is 0 Å². The van der Waals surface area contributed by atoms with Gasteiger partial charge in [0.1, 0.15) is 6.10 Å². The molecule has 0 spiro atoms. The highest BCUT2D eigenvalue weighted by Gasteiger charge is 2.27. The first-order valence-electron chi connectivity index (χ1n) is 5.83. The first-order valence-corrected chi connectivity index (χ1v) is 6.21. The Kier molecular flexibility index (Phi) is 3.38. The molecule has 1 fully saturated rings. The third-order valence-electron chi connectivity index (χ3n) is 3.27. The molecule has 1 aromatic rings. The minimum Gasteiger partial charge on any atom is -0.474 e. The van der Waals surface area contributed by atoms with Gasteiger partial charge in [0.15, 0.2) is 0 Å². The molecule has 1 heterocycles. The van der Waals surface area contributed by atoms with E-state index in [0.717, 1.165) is 12.8 Å². The standard InChI is InChI=1S/C13H18ClNO/c1-13(2)7-5-11(6-8-13)16-12-4-3-10(14)9-15-12/h3-4,9,11H,5-8H2,1-2H3. The van der Waals surface area contributed by atoms with Crippen LogP contribution in [0.1, 0.15) is 39.5 Å². The highest BCUT2D eigenvalue weighted by atomic mass is 35.5. The highest BCUT2D eigenvalue weighted by molar-refractivity contribution is 6.30. The summed E-state index contributed by atoms with van der Waals surface area (Å²) in [5.74, 6) is 0.689. The van der Waals surface area contributed by atoms with E-state index >= 15 is 0 Å². The SMILES string of the molecule is CC1(C)CCC(Oc2ccc(Cl)cn2)CC1. The topological polar surface area (TPSA) is 22.1 Å². The number of ether oxygens (including phenoxy) is 1. The molecule has 1 saturated carbocycles. The molecule has 0 atom stereocenters. The van der Waals surface area contributed by atoms with E-state index in [9.17, 15) is 0 Å². The molecule has 16 heavy (non-hydrogen) atoms. The smallest absolute Gasteiger partial charge is 0.213 e. The van der Waals surface area contributed by atoms with Crippen molar-refractivity contribution in [2.75, 3.05) is 0 Å². The quantitative estimate of drug-likeness (QED) is 0.776. The predicted molar refractivity (Wildman–Crippen MR) is 65.9 cm³/mol. The minimum absolute atomic E-state index is 0.321. The normalized spacial score (nSPS) is 20.7. The fourth-order valence-corrected chi connectivity index (χ4v) is 2.21. The van der Waals surface area contributed by atoms with E-state index in [0.29, 0.717) is 22.4 Å². The van der Waals surface area contributed by atoms with Gasteiger partial charge in [-0.2, -0.15) is 0 Å². The van der Waals surface area contributed by atoms with E-state index in [4.69, 9.17) is 16.3 Å². The number of rotatable bonds is 2. The predicted octanol–water partition coefficient (Wildman–Crippen LogP) is 4.08. The maximum atomic E-state index is 5.83. The van der Waals surface area contributed by atoms with Crippen molar-refractivity contribution in [1.29, 1.82) is 0 Å². The molecular weight excluding hydrogens is 222 g/mol. The van der Waals surface area contributed by atoms with Crippen molar-refractivity contribution < 1.29 is 4.74 Å². The average Bonchev–Trinajstić information content (AvgIpc) is 2.24. The van der Waals surface area contributed by atoms with Crippen molar-refractivity contribution in [3.05, 3.63) is 23.4 Å². The molecule has 2 nitrogen and oxygen atoms in total. The van der Waals surface area contributed by atoms with Crippen LogP contribution in [0.5, 0.6) is 5.88 Å². The molecule has 0 saturated heterocycles. The van der Waals surface area contributed by atoms with E-state index in [1.165, 1.54) is 12.8 Å². The van der Waals surface area contributed by atoms with Crippen LogP contribution < -0.4 is 4.74 Å². The Morgan fingerprint density at radius 2 is 2.00 bits per heavy atom. The van der Waals surface area contributed by atoms with Crippen LogP contribution in [0.15, 0.2) is 18.3 Å². The zero-order valence-electron chi connectivity index (χ0n) is 9.87. The van der Waals surface area contributed by atoms with Gasteiger partial charge in [0.2, 0.25) is 5.88 Å². The van der Waals surface area contributed by atoms with Crippen molar-refractivity contribution >= 4 is 11.6 Å². The Balaban J connectivity index is 1.89. The summed E-state index contributed by atoms with van der Waals surface area (Å²) in [4.78, 5) is 4.15. The van der Waals surface area contributed by atoms with Gasteiger partial charge in [-0.05, 0) is 37.2 Å². The van der Waals surface area contributed by atoms with Crippen molar-refractivity contribution in [2.45, 2.75) is 45.6 Å². The van der Waals surface area contributed by atoms with Crippen LogP contribution in [0.2, 0.25) is 5.02 Å². The van der Waals surface area contributed by atoms with Crippen LogP contribution in [0, 0.1) is 5.41 Å². The van der Waals surface area contributed by atoms with Crippen molar-refractivity contribution in [1.82, 2.24) is 4.98 Å². The number of pyridine rings is 1. The summed E-state index contributed by atoms with van der Waals surface area (Å²) in [7, 11) is 0. The summed E-state index contributed by atoms with van der Waals surface area (Å²) in [6.45, 7) is 4.65. The Morgan fingerprint density at radius 1 is 1.31 bits per heavy atom. The molecule has 0 radical (unpaired) electrons. The molecule has 3 heteroatoms. The van der Waals surface area contributed by atoms with Crippen molar-refractivity contribution in [3.63, 3.8) is 0 Å². The van der Waals surface area contributed by atoms with Gasteiger partial charge in [-0.25, -0.2) is 4.98 Å². The minimum atomic E-state index is 0.321. The molecule has 88 valence electrons. The molecule has 1 aliphatic rings. The van der Waals surface area contributed by atoms with Gasteiger partial charge < -0.3 is 4.74 Å². The number of hydrogen-bond acceptors (Lipinski definition) is 2. The molecule has 2 rings (SSSR count). The number of aromatic nitrogens is 1. The molecule has 0 aliphatic heterocycles. The fraction of sp³-hybridized carbons (Fsp3) is 0.615. The zero-order valence-corrected chi connectivity index (χ0v) is 10.6. The lowest BCUT2D eigenvalue weighted by atomic mass is 9.76. The molecule has 0 unspecified atom stereocenters. The summed E-state index contributed by atoms with van der Waals surface area (Å²) in [6.07, 6.45) is 6.65. The maximum Gasteiger partial charge on any atom is 0.213 e. The van der Waals surface area contributed by atoms with Crippen LogP contribution in [0.4, 0.5) is 0 Å². The highest BCUT2D eigenvalue weighted by Crippen LogP contribution is 2.36. The lowest BCUT2D eigenvalue weighted by Gasteiger charge is -2.34. The molecule has 0 N–H and O–H groups in total. The first-order chi connectivity index (χ1) is 7.55. The lowest BCUT2D eigenvalue weighted by Crippen LogP contribution is -2.28. The van der Waals surface area contributed by atoms with E-state index in [2.05, 4.69) is 18.8 Å². The van der Waals surface area contributed by atoms with Gasteiger partial charge >= 0.3 is 0 Å². The summed E-state index contributed by atoms with van der Waals surface area (Å²) in [5, 5.41) is 0.650. The van der Waals surface area contributed by atoms with E-state index in [1.54, 1.807) is 6.20 Å². The summed E-state index contributed by atoms with van der Waals surface area (Å²) < 4.78 is 5.83. The van der Waals surface area contributed by atoms with E-state index < -0.39 is 0 Å². The molecular formula is C13H18ClNO. The Bertz CT molecular complexity index is 337. The number of nitrogens with zero attached hydrogens (tertiary/aromatic N) is 1. The summed E-state index contributed by atoms with van der Waals surface area (Å²) >= 11 is 5.77. The van der Waals surface area contributed by atoms with Gasteiger partial charge in [0.25, 0.3) is 0 Å². The van der Waals surface area contributed by atoms with Crippen LogP contribution in [0.25, 0.3) is 0 Å². The lowest BCUT2D eigenvalue weighted by molar-refractivity contribution is 0.0949. The van der Waals surface area contributed by atoms with Crippen molar-refractivity contribution in [2.24, 2.45) is 5.41 Å². The van der Waals surface area contributed by atoms with Crippen LogP contribution >= 0.6 is 11.6 Å². The van der Waals surface area contributed by atoms with Crippen LogP contribution in [-0.2, 0) is 0 Å². The van der Waals surface area contributed by atoms with Gasteiger partial charge in [-0.1, -0.05) is 25.4 Å². The Labute approximate surface area is 102 Å². The Hall–Kier alpha value is -0.760. The Morgan fingerprint density at radius 3 is 2.56 bits per heavy atom. The van der Waals surface area contributed by atoms with Gasteiger partial charge in [-0.15, -0.1) is 0 Å². The maximum absolute atomic E-state index is 5.83.